The van der Waals surface area contributed by atoms with Crippen molar-refractivity contribution in [1.82, 2.24) is 20.5 Å². The molecule has 2 heterocycles. The molecule has 0 atom stereocenters. The fourth-order valence-electron chi connectivity index (χ4n) is 2.67. The van der Waals surface area contributed by atoms with Crippen LogP contribution in [-0.2, 0) is 6.42 Å². The summed E-state index contributed by atoms with van der Waals surface area (Å²) >= 11 is 0. The summed E-state index contributed by atoms with van der Waals surface area (Å²) in [6, 6.07) is 5.57. The van der Waals surface area contributed by atoms with Crippen molar-refractivity contribution < 1.29 is 22.7 Å². The molecule has 0 spiro atoms. The number of nitrogens with zero attached hydrogens (tertiary/aromatic N) is 1. The zero-order valence-corrected chi connectivity index (χ0v) is 13.9. The van der Waals surface area contributed by atoms with E-state index in [2.05, 4.69) is 25.2 Å². The number of carbonyl (C=O) groups is 1. The zero-order valence-electron chi connectivity index (χ0n) is 13.9. The van der Waals surface area contributed by atoms with Crippen molar-refractivity contribution >= 4 is 16.8 Å². The standard InChI is InChI=1S/C17H17F3N4O2/c1-10-11(9-22-24-10)4-3-7-21-16(25)14-8-12-13(23-14)5-2-6-15(12)26-17(18,19)20/h2,5-6,8-9,23H,3-4,7H2,1H3,(H,21,25)(H,22,24). The largest absolute Gasteiger partial charge is 0.573 e. The molecule has 3 rings (SSSR count). The first-order valence-corrected chi connectivity index (χ1v) is 7.98. The van der Waals surface area contributed by atoms with Crippen LogP contribution in [0.15, 0.2) is 30.5 Å². The van der Waals surface area contributed by atoms with Gasteiger partial charge >= 0.3 is 6.36 Å². The van der Waals surface area contributed by atoms with Crippen LogP contribution in [0.3, 0.4) is 0 Å². The molecule has 0 saturated heterocycles. The number of benzene rings is 1. The molecular formula is C17H17F3N4O2. The Morgan fingerprint density at radius 2 is 2.15 bits per heavy atom. The minimum absolute atomic E-state index is 0.178. The van der Waals surface area contributed by atoms with E-state index in [1.54, 1.807) is 12.3 Å². The molecule has 0 saturated carbocycles. The SMILES string of the molecule is Cc1[nH]ncc1CCCNC(=O)c1cc2c(OC(F)(F)F)cccc2[nH]1. The second-order valence-corrected chi connectivity index (χ2v) is 5.83. The Balaban J connectivity index is 1.63. The average molecular weight is 366 g/mol. The van der Waals surface area contributed by atoms with Gasteiger partial charge in [-0.15, -0.1) is 13.2 Å². The van der Waals surface area contributed by atoms with Crippen LogP contribution < -0.4 is 10.1 Å². The Labute approximate surface area is 146 Å². The van der Waals surface area contributed by atoms with E-state index in [0.717, 1.165) is 24.1 Å². The highest BCUT2D eigenvalue weighted by atomic mass is 19.4. The Kier molecular flexibility index (Phi) is 4.88. The van der Waals surface area contributed by atoms with Crippen LogP contribution in [0, 0.1) is 6.92 Å². The summed E-state index contributed by atoms with van der Waals surface area (Å²) in [5.41, 5.74) is 2.64. The molecule has 26 heavy (non-hydrogen) atoms. The summed E-state index contributed by atoms with van der Waals surface area (Å²) in [5.74, 6) is -0.733. The molecule has 3 aromatic rings. The highest BCUT2D eigenvalue weighted by Gasteiger charge is 2.32. The number of nitrogens with one attached hydrogen (secondary N) is 3. The average Bonchev–Trinajstić information content (AvgIpc) is 3.17. The first-order chi connectivity index (χ1) is 12.3. The monoisotopic (exact) mass is 366 g/mol. The summed E-state index contributed by atoms with van der Waals surface area (Å²) in [6.07, 6.45) is -1.57. The third-order valence-corrected chi connectivity index (χ3v) is 3.94. The molecule has 138 valence electrons. The van der Waals surface area contributed by atoms with Gasteiger partial charge in [-0.1, -0.05) is 6.07 Å². The van der Waals surface area contributed by atoms with Crippen LogP contribution >= 0.6 is 0 Å². The van der Waals surface area contributed by atoms with E-state index in [-0.39, 0.29) is 22.7 Å². The number of aryl methyl sites for hydroxylation is 2. The number of hydrogen-bond donors (Lipinski definition) is 3. The molecular weight excluding hydrogens is 349 g/mol. The molecule has 6 nitrogen and oxygen atoms in total. The second kappa shape index (κ2) is 7.11. The predicted octanol–water partition coefficient (Wildman–Crippen LogP) is 3.46. The Morgan fingerprint density at radius 1 is 1.35 bits per heavy atom. The summed E-state index contributed by atoms with van der Waals surface area (Å²) in [6.45, 7) is 2.36. The number of carbonyl (C=O) groups excluding carboxylic acids is 1. The molecule has 0 radical (unpaired) electrons. The van der Waals surface area contributed by atoms with E-state index < -0.39 is 6.36 Å². The Bertz CT molecular complexity index is 914. The number of aromatic nitrogens is 3. The van der Waals surface area contributed by atoms with Crippen LogP contribution in [0.1, 0.15) is 28.2 Å². The van der Waals surface area contributed by atoms with Crippen molar-refractivity contribution in [2.75, 3.05) is 6.54 Å². The molecule has 0 aliphatic carbocycles. The van der Waals surface area contributed by atoms with Gasteiger partial charge in [0.15, 0.2) is 0 Å². The highest BCUT2D eigenvalue weighted by molar-refractivity contribution is 5.99. The van der Waals surface area contributed by atoms with Crippen molar-refractivity contribution in [2.24, 2.45) is 0 Å². The quantitative estimate of drug-likeness (QED) is 0.584. The first kappa shape index (κ1) is 17.8. The van der Waals surface area contributed by atoms with Gasteiger partial charge in [-0.25, -0.2) is 0 Å². The van der Waals surface area contributed by atoms with Gasteiger partial charge in [0.1, 0.15) is 11.4 Å². The minimum Gasteiger partial charge on any atom is -0.405 e. The Hall–Kier alpha value is -2.97. The molecule has 3 N–H and O–H groups in total. The number of rotatable bonds is 6. The fraction of sp³-hybridized carbons (Fsp3) is 0.294. The topological polar surface area (TPSA) is 82.8 Å². The molecule has 1 amide bonds. The lowest BCUT2D eigenvalue weighted by molar-refractivity contribution is -0.274. The number of alkyl halides is 3. The fourth-order valence-corrected chi connectivity index (χ4v) is 2.67. The van der Waals surface area contributed by atoms with E-state index in [0.29, 0.717) is 12.1 Å². The maximum Gasteiger partial charge on any atom is 0.573 e. The summed E-state index contributed by atoms with van der Waals surface area (Å²) in [5, 5.41) is 9.72. The molecule has 1 aromatic carbocycles. The summed E-state index contributed by atoms with van der Waals surface area (Å²) in [7, 11) is 0. The molecule has 0 aliphatic heterocycles. The summed E-state index contributed by atoms with van der Waals surface area (Å²) < 4.78 is 41.4. The van der Waals surface area contributed by atoms with Crippen molar-refractivity contribution in [3.63, 3.8) is 0 Å². The number of H-pyrrole nitrogens is 2. The van der Waals surface area contributed by atoms with E-state index in [1.807, 2.05) is 6.92 Å². The van der Waals surface area contributed by atoms with E-state index in [4.69, 9.17) is 0 Å². The molecule has 0 unspecified atom stereocenters. The molecule has 2 aromatic heterocycles. The van der Waals surface area contributed by atoms with E-state index >= 15 is 0 Å². The highest BCUT2D eigenvalue weighted by Crippen LogP contribution is 2.31. The molecule has 0 bridgehead atoms. The lowest BCUT2D eigenvalue weighted by atomic mass is 10.1. The first-order valence-electron chi connectivity index (χ1n) is 7.98. The van der Waals surface area contributed by atoms with Crippen LogP contribution in [-0.4, -0.2) is 34.0 Å². The van der Waals surface area contributed by atoms with Crippen LogP contribution in [0.5, 0.6) is 5.75 Å². The van der Waals surface area contributed by atoms with Gasteiger partial charge in [-0.05, 0) is 43.5 Å². The number of aromatic amines is 2. The number of ether oxygens (including phenoxy) is 1. The van der Waals surface area contributed by atoms with Crippen LogP contribution in [0.25, 0.3) is 10.9 Å². The number of halogens is 3. The lowest BCUT2D eigenvalue weighted by Crippen LogP contribution is -2.25. The third-order valence-electron chi connectivity index (χ3n) is 3.94. The zero-order chi connectivity index (χ0) is 18.7. The maximum absolute atomic E-state index is 12.5. The third kappa shape index (κ3) is 4.16. The van der Waals surface area contributed by atoms with Crippen molar-refractivity contribution in [1.29, 1.82) is 0 Å². The van der Waals surface area contributed by atoms with Crippen molar-refractivity contribution in [2.45, 2.75) is 26.1 Å². The predicted molar refractivity (Wildman–Crippen MR) is 89.0 cm³/mol. The van der Waals surface area contributed by atoms with Gasteiger partial charge < -0.3 is 15.0 Å². The number of fused-ring (bicyclic) bond motifs is 1. The van der Waals surface area contributed by atoms with Gasteiger partial charge in [-0.2, -0.15) is 5.10 Å². The maximum atomic E-state index is 12.5. The van der Waals surface area contributed by atoms with Gasteiger partial charge in [0, 0.05) is 23.1 Å². The number of hydrogen-bond acceptors (Lipinski definition) is 3. The minimum atomic E-state index is -4.79. The van der Waals surface area contributed by atoms with Gasteiger partial charge in [-0.3, -0.25) is 9.89 Å². The lowest BCUT2D eigenvalue weighted by Gasteiger charge is -2.09. The Morgan fingerprint density at radius 3 is 2.85 bits per heavy atom. The summed E-state index contributed by atoms with van der Waals surface area (Å²) in [4.78, 5) is 15.0. The van der Waals surface area contributed by atoms with Crippen molar-refractivity contribution in [3.05, 3.63) is 47.4 Å². The smallest absolute Gasteiger partial charge is 0.405 e. The van der Waals surface area contributed by atoms with Crippen molar-refractivity contribution in [3.8, 4) is 5.75 Å². The number of amides is 1. The van der Waals surface area contributed by atoms with Gasteiger partial charge in [0.2, 0.25) is 0 Å². The second-order valence-electron chi connectivity index (χ2n) is 5.83. The molecule has 9 heteroatoms. The molecule has 0 aliphatic rings. The van der Waals surface area contributed by atoms with E-state index in [9.17, 15) is 18.0 Å². The van der Waals surface area contributed by atoms with Gasteiger partial charge in [0.25, 0.3) is 5.91 Å². The normalized spacial score (nSPS) is 11.7. The van der Waals surface area contributed by atoms with E-state index in [1.165, 1.54) is 18.2 Å². The van der Waals surface area contributed by atoms with Gasteiger partial charge in [0.05, 0.1) is 6.20 Å². The van der Waals surface area contributed by atoms with Crippen LogP contribution in [0.4, 0.5) is 13.2 Å². The molecule has 0 fully saturated rings. The van der Waals surface area contributed by atoms with Crippen LogP contribution in [0.2, 0.25) is 0 Å².